The van der Waals surface area contributed by atoms with Gasteiger partial charge in [-0.15, -0.1) is 0 Å². The standard InChI is InChI=1S/C13H8BrClFNO2/c14-7-1-3-10(15)11(5-7)17-13(19)9-6-8(16)2-4-12(9)18/h1-6,18H,(H,17,19). The van der Waals surface area contributed by atoms with Crippen LogP contribution in [0.15, 0.2) is 40.9 Å². The second kappa shape index (κ2) is 5.59. The number of hydrogen-bond acceptors (Lipinski definition) is 2. The first kappa shape index (κ1) is 13.8. The number of nitrogens with one attached hydrogen (secondary N) is 1. The van der Waals surface area contributed by atoms with Gasteiger partial charge in [0.05, 0.1) is 16.3 Å². The zero-order valence-electron chi connectivity index (χ0n) is 9.45. The highest BCUT2D eigenvalue weighted by Gasteiger charge is 2.14. The van der Waals surface area contributed by atoms with Crippen LogP contribution in [0.4, 0.5) is 10.1 Å². The highest BCUT2D eigenvalue weighted by Crippen LogP contribution is 2.27. The van der Waals surface area contributed by atoms with E-state index >= 15 is 0 Å². The van der Waals surface area contributed by atoms with Gasteiger partial charge in [0.2, 0.25) is 0 Å². The average molecular weight is 345 g/mol. The Morgan fingerprint density at radius 3 is 2.74 bits per heavy atom. The van der Waals surface area contributed by atoms with Gasteiger partial charge in [0.1, 0.15) is 11.6 Å². The first-order valence-corrected chi connectivity index (χ1v) is 6.39. The summed E-state index contributed by atoms with van der Waals surface area (Å²) in [5.74, 6) is -1.55. The summed E-state index contributed by atoms with van der Waals surface area (Å²) in [4.78, 5) is 11.9. The fourth-order valence-electron chi connectivity index (χ4n) is 1.47. The van der Waals surface area contributed by atoms with E-state index in [1.807, 2.05) is 0 Å². The normalized spacial score (nSPS) is 10.3. The summed E-state index contributed by atoms with van der Waals surface area (Å²) >= 11 is 9.18. The SMILES string of the molecule is O=C(Nc1cc(Br)ccc1Cl)c1cc(F)ccc1O. The molecule has 2 aromatic carbocycles. The first-order valence-electron chi connectivity index (χ1n) is 5.22. The molecule has 0 saturated carbocycles. The number of rotatable bonds is 2. The predicted octanol–water partition coefficient (Wildman–Crippen LogP) is 4.20. The third-order valence-electron chi connectivity index (χ3n) is 2.38. The van der Waals surface area contributed by atoms with Gasteiger partial charge < -0.3 is 10.4 Å². The zero-order chi connectivity index (χ0) is 14.0. The number of benzene rings is 2. The molecule has 98 valence electrons. The molecule has 0 aliphatic rings. The van der Waals surface area contributed by atoms with Crippen molar-refractivity contribution in [1.29, 1.82) is 0 Å². The van der Waals surface area contributed by atoms with Crippen molar-refractivity contribution < 1.29 is 14.3 Å². The van der Waals surface area contributed by atoms with Crippen LogP contribution in [-0.2, 0) is 0 Å². The van der Waals surface area contributed by atoms with E-state index in [1.165, 1.54) is 0 Å². The molecule has 0 aliphatic carbocycles. The Morgan fingerprint density at radius 1 is 1.26 bits per heavy atom. The van der Waals surface area contributed by atoms with Crippen molar-refractivity contribution in [3.8, 4) is 5.75 Å². The number of aromatic hydroxyl groups is 1. The Balaban J connectivity index is 2.30. The van der Waals surface area contributed by atoms with E-state index in [9.17, 15) is 14.3 Å². The lowest BCUT2D eigenvalue weighted by atomic mass is 10.1. The van der Waals surface area contributed by atoms with Crippen molar-refractivity contribution in [2.75, 3.05) is 5.32 Å². The molecular weight excluding hydrogens is 337 g/mol. The van der Waals surface area contributed by atoms with Gasteiger partial charge in [0.15, 0.2) is 0 Å². The molecule has 0 unspecified atom stereocenters. The third-order valence-corrected chi connectivity index (χ3v) is 3.20. The second-order valence-electron chi connectivity index (χ2n) is 3.74. The maximum atomic E-state index is 13.1. The van der Waals surface area contributed by atoms with Crippen LogP contribution in [0.3, 0.4) is 0 Å². The summed E-state index contributed by atoms with van der Waals surface area (Å²) in [7, 11) is 0. The summed E-state index contributed by atoms with van der Waals surface area (Å²) < 4.78 is 13.8. The highest BCUT2D eigenvalue weighted by atomic mass is 79.9. The van der Waals surface area contributed by atoms with E-state index in [2.05, 4.69) is 21.2 Å². The summed E-state index contributed by atoms with van der Waals surface area (Å²) in [6, 6.07) is 8.07. The van der Waals surface area contributed by atoms with Crippen LogP contribution >= 0.6 is 27.5 Å². The molecule has 19 heavy (non-hydrogen) atoms. The van der Waals surface area contributed by atoms with Crippen LogP contribution < -0.4 is 5.32 Å². The highest BCUT2D eigenvalue weighted by molar-refractivity contribution is 9.10. The summed E-state index contributed by atoms with van der Waals surface area (Å²) in [5.41, 5.74) is 0.209. The molecule has 0 radical (unpaired) electrons. The van der Waals surface area contributed by atoms with Crippen molar-refractivity contribution in [1.82, 2.24) is 0 Å². The molecule has 6 heteroatoms. The quantitative estimate of drug-likeness (QED) is 0.858. The van der Waals surface area contributed by atoms with Crippen molar-refractivity contribution in [2.24, 2.45) is 0 Å². The molecule has 2 N–H and O–H groups in total. The lowest BCUT2D eigenvalue weighted by Crippen LogP contribution is -2.12. The molecule has 0 saturated heterocycles. The lowest BCUT2D eigenvalue weighted by Gasteiger charge is -2.09. The minimum atomic E-state index is -0.642. The molecule has 0 atom stereocenters. The number of phenolic OH excluding ortho intramolecular Hbond substituents is 1. The van der Waals surface area contributed by atoms with E-state index in [-0.39, 0.29) is 11.3 Å². The molecule has 0 bridgehead atoms. The Bertz CT molecular complexity index is 649. The van der Waals surface area contributed by atoms with Crippen LogP contribution in [-0.4, -0.2) is 11.0 Å². The van der Waals surface area contributed by atoms with Gasteiger partial charge in [-0.25, -0.2) is 4.39 Å². The Hall–Kier alpha value is -1.59. The van der Waals surface area contributed by atoms with Crippen molar-refractivity contribution >= 4 is 39.1 Å². The number of carbonyl (C=O) groups excluding carboxylic acids is 1. The molecule has 2 rings (SSSR count). The molecule has 0 fully saturated rings. The molecular formula is C13H8BrClFNO2. The van der Waals surface area contributed by atoms with Crippen LogP contribution in [0.1, 0.15) is 10.4 Å². The molecule has 3 nitrogen and oxygen atoms in total. The number of halogens is 3. The van der Waals surface area contributed by atoms with Gasteiger partial charge >= 0.3 is 0 Å². The van der Waals surface area contributed by atoms with Crippen LogP contribution in [0.2, 0.25) is 5.02 Å². The van der Waals surface area contributed by atoms with Gasteiger partial charge in [0.25, 0.3) is 5.91 Å². The number of amides is 1. The molecule has 2 aromatic rings. The van der Waals surface area contributed by atoms with E-state index < -0.39 is 11.7 Å². The maximum absolute atomic E-state index is 13.1. The molecule has 0 aliphatic heterocycles. The van der Waals surface area contributed by atoms with E-state index in [4.69, 9.17) is 11.6 Å². The Labute approximate surface area is 122 Å². The number of anilines is 1. The summed E-state index contributed by atoms with van der Waals surface area (Å²) in [6.45, 7) is 0. The largest absolute Gasteiger partial charge is 0.507 e. The third kappa shape index (κ3) is 3.24. The number of carbonyl (C=O) groups is 1. The van der Waals surface area contributed by atoms with Gasteiger partial charge in [-0.1, -0.05) is 27.5 Å². The molecule has 0 spiro atoms. The zero-order valence-corrected chi connectivity index (χ0v) is 11.8. The van der Waals surface area contributed by atoms with E-state index in [0.29, 0.717) is 10.7 Å². The van der Waals surface area contributed by atoms with Gasteiger partial charge in [-0.2, -0.15) is 0 Å². The van der Waals surface area contributed by atoms with Crippen LogP contribution in [0, 0.1) is 5.82 Å². The molecule has 0 aromatic heterocycles. The maximum Gasteiger partial charge on any atom is 0.259 e. The van der Waals surface area contributed by atoms with Crippen molar-refractivity contribution in [3.63, 3.8) is 0 Å². The van der Waals surface area contributed by atoms with Gasteiger partial charge in [-0.05, 0) is 36.4 Å². The second-order valence-corrected chi connectivity index (χ2v) is 5.06. The van der Waals surface area contributed by atoms with Crippen LogP contribution in [0.5, 0.6) is 5.75 Å². The fourth-order valence-corrected chi connectivity index (χ4v) is 2.00. The molecule has 1 amide bonds. The molecule has 0 heterocycles. The van der Waals surface area contributed by atoms with Crippen molar-refractivity contribution in [2.45, 2.75) is 0 Å². The minimum Gasteiger partial charge on any atom is -0.507 e. The Morgan fingerprint density at radius 2 is 2.00 bits per heavy atom. The van der Waals surface area contributed by atoms with E-state index in [0.717, 1.165) is 22.7 Å². The van der Waals surface area contributed by atoms with Crippen LogP contribution in [0.25, 0.3) is 0 Å². The predicted molar refractivity (Wildman–Crippen MR) is 75.2 cm³/mol. The number of hydrogen-bond donors (Lipinski definition) is 2. The smallest absolute Gasteiger partial charge is 0.259 e. The van der Waals surface area contributed by atoms with Gasteiger partial charge in [-0.3, -0.25) is 4.79 Å². The number of phenols is 1. The monoisotopic (exact) mass is 343 g/mol. The minimum absolute atomic E-state index is 0.156. The summed E-state index contributed by atoms with van der Waals surface area (Å²) in [5, 5.41) is 12.4. The lowest BCUT2D eigenvalue weighted by molar-refractivity contribution is 0.102. The fraction of sp³-hybridized carbons (Fsp3) is 0. The topological polar surface area (TPSA) is 49.3 Å². The van der Waals surface area contributed by atoms with E-state index in [1.54, 1.807) is 18.2 Å². The Kier molecular flexibility index (Phi) is 4.07. The summed E-state index contributed by atoms with van der Waals surface area (Å²) in [6.07, 6.45) is 0. The van der Waals surface area contributed by atoms with Crippen molar-refractivity contribution in [3.05, 3.63) is 57.3 Å². The average Bonchev–Trinajstić information content (AvgIpc) is 2.36. The first-order chi connectivity index (χ1) is 8.97. The van der Waals surface area contributed by atoms with Gasteiger partial charge in [0, 0.05) is 4.47 Å².